The smallest absolute Gasteiger partial charge is 0.153 e. The average molecular weight is 226 g/mol. The van der Waals surface area contributed by atoms with Crippen LogP contribution in [0.2, 0.25) is 0 Å². The topological polar surface area (TPSA) is 18.5 Å². The van der Waals surface area contributed by atoms with Gasteiger partial charge in [-0.05, 0) is 22.9 Å². The third-order valence-corrected chi connectivity index (χ3v) is 3.41. The number of methoxy groups -OCH3 is 2. The number of thiophene rings is 1. The Hall–Kier alpha value is -0.870. The molecule has 2 nitrogen and oxygen atoms in total. The zero-order valence-electron chi connectivity index (χ0n) is 7.90. The quantitative estimate of drug-likeness (QED) is 0.793. The van der Waals surface area contributed by atoms with E-state index in [1.54, 1.807) is 25.6 Å². The zero-order chi connectivity index (χ0) is 10.1. The van der Waals surface area contributed by atoms with Crippen molar-refractivity contribution in [2.75, 3.05) is 14.2 Å². The summed E-state index contributed by atoms with van der Waals surface area (Å²) in [5, 5.41) is 3.15. The minimum atomic E-state index is 0.746. The molecule has 0 aliphatic heterocycles. The van der Waals surface area contributed by atoms with Crippen molar-refractivity contribution in [2.45, 2.75) is 4.90 Å². The van der Waals surface area contributed by atoms with Crippen molar-refractivity contribution in [3.05, 3.63) is 17.5 Å². The molecule has 4 heteroatoms. The van der Waals surface area contributed by atoms with Crippen LogP contribution in [0.15, 0.2) is 22.4 Å². The molecule has 0 saturated carbocycles. The standard InChI is InChI=1S/C10H10O2S2/c1-11-7-5-6-3-4-14-10(6)8(12-2)9(7)13/h3-5,13H,1-2H3. The number of ether oxygens (including phenoxy) is 2. The highest BCUT2D eigenvalue weighted by Gasteiger charge is 2.12. The number of hydrogen-bond acceptors (Lipinski definition) is 4. The minimum Gasteiger partial charge on any atom is -0.495 e. The normalized spacial score (nSPS) is 10.5. The maximum absolute atomic E-state index is 5.31. The van der Waals surface area contributed by atoms with E-state index < -0.39 is 0 Å². The summed E-state index contributed by atoms with van der Waals surface area (Å²) in [5.41, 5.74) is 0. The van der Waals surface area contributed by atoms with E-state index in [1.165, 1.54) is 0 Å². The Bertz CT molecular complexity index is 462. The summed E-state index contributed by atoms with van der Waals surface area (Å²) >= 11 is 6.02. The van der Waals surface area contributed by atoms with Crippen LogP contribution >= 0.6 is 24.0 Å². The number of fused-ring (bicyclic) bond motifs is 1. The average Bonchev–Trinajstić information content (AvgIpc) is 2.64. The fourth-order valence-corrected chi connectivity index (χ4v) is 2.73. The van der Waals surface area contributed by atoms with Crippen LogP contribution in [0.3, 0.4) is 0 Å². The van der Waals surface area contributed by atoms with Gasteiger partial charge >= 0.3 is 0 Å². The fraction of sp³-hybridized carbons (Fsp3) is 0.200. The van der Waals surface area contributed by atoms with Gasteiger partial charge in [-0.1, -0.05) is 0 Å². The second-order valence-corrected chi connectivity index (χ2v) is 4.16. The minimum absolute atomic E-state index is 0.746. The predicted octanol–water partition coefficient (Wildman–Crippen LogP) is 3.21. The van der Waals surface area contributed by atoms with Crippen LogP contribution in [0.5, 0.6) is 11.5 Å². The van der Waals surface area contributed by atoms with E-state index in [0.717, 1.165) is 26.5 Å². The number of benzene rings is 1. The lowest BCUT2D eigenvalue weighted by atomic mass is 10.2. The Morgan fingerprint density at radius 2 is 2.07 bits per heavy atom. The van der Waals surface area contributed by atoms with E-state index >= 15 is 0 Å². The van der Waals surface area contributed by atoms with Crippen molar-refractivity contribution in [3.63, 3.8) is 0 Å². The molecule has 0 N–H and O–H groups in total. The van der Waals surface area contributed by atoms with Crippen LogP contribution in [0.4, 0.5) is 0 Å². The van der Waals surface area contributed by atoms with E-state index in [9.17, 15) is 0 Å². The van der Waals surface area contributed by atoms with Gasteiger partial charge in [0.1, 0.15) is 5.75 Å². The van der Waals surface area contributed by atoms with Crippen LogP contribution in [-0.2, 0) is 0 Å². The van der Waals surface area contributed by atoms with Crippen LogP contribution < -0.4 is 9.47 Å². The van der Waals surface area contributed by atoms with Gasteiger partial charge in [-0.3, -0.25) is 0 Å². The number of rotatable bonds is 2. The first kappa shape index (κ1) is 9.68. The van der Waals surface area contributed by atoms with Crippen LogP contribution in [0, 0.1) is 0 Å². The van der Waals surface area contributed by atoms with Gasteiger partial charge in [0, 0.05) is 0 Å². The third-order valence-electron chi connectivity index (χ3n) is 2.06. The van der Waals surface area contributed by atoms with E-state index in [0.29, 0.717) is 0 Å². The van der Waals surface area contributed by atoms with Gasteiger partial charge in [-0.25, -0.2) is 0 Å². The molecule has 0 unspecified atom stereocenters. The van der Waals surface area contributed by atoms with Gasteiger partial charge in [-0.2, -0.15) is 0 Å². The molecule has 0 bridgehead atoms. The molecule has 0 fully saturated rings. The summed E-state index contributed by atoms with van der Waals surface area (Å²) in [6.45, 7) is 0. The molecule has 0 amide bonds. The largest absolute Gasteiger partial charge is 0.495 e. The maximum atomic E-state index is 5.31. The lowest BCUT2D eigenvalue weighted by molar-refractivity contribution is 0.381. The zero-order valence-corrected chi connectivity index (χ0v) is 9.61. The van der Waals surface area contributed by atoms with Crippen LogP contribution in [0.1, 0.15) is 0 Å². The van der Waals surface area contributed by atoms with Crippen molar-refractivity contribution in [3.8, 4) is 11.5 Å². The molecule has 2 rings (SSSR count). The van der Waals surface area contributed by atoms with E-state index in [2.05, 4.69) is 12.6 Å². The van der Waals surface area contributed by atoms with Gasteiger partial charge in [-0.15, -0.1) is 24.0 Å². The predicted molar refractivity (Wildman–Crippen MR) is 62.2 cm³/mol. The van der Waals surface area contributed by atoms with Gasteiger partial charge in [0.15, 0.2) is 5.75 Å². The third kappa shape index (κ3) is 1.35. The molecule has 0 spiro atoms. The second kappa shape index (κ2) is 3.71. The summed E-state index contributed by atoms with van der Waals surface area (Å²) in [6.07, 6.45) is 0. The summed E-state index contributed by atoms with van der Waals surface area (Å²) in [6, 6.07) is 4.01. The Kier molecular flexibility index (Phi) is 2.56. The van der Waals surface area contributed by atoms with Gasteiger partial charge in [0.25, 0.3) is 0 Å². The molecule has 1 aromatic heterocycles. The second-order valence-electron chi connectivity index (χ2n) is 2.80. The number of thiol groups is 1. The van der Waals surface area contributed by atoms with Crippen molar-refractivity contribution < 1.29 is 9.47 Å². The first-order valence-electron chi connectivity index (χ1n) is 4.09. The molecule has 0 atom stereocenters. The molecular formula is C10H10O2S2. The van der Waals surface area contributed by atoms with Crippen LogP contribution in [-0.4, -0.2) is 14.2 Å². The van der Waals surface area contributed by atoms with Crippen molar-refractivity contribution >= 4 is 34.1 Å². The Labute approximate surface area is 91.9 Å². The molecule has 1 aromatic carbocycles. The molecule has 0 saturated heterocycles. The Morgan fingerprint density at radius 1 is 1.29 bits per heavy atom. The Balaban J connectivity index is 2.80. The first-order chi connectivity index (χ1) is 6.77. The van der Waals surface area contributed by atoms with Gasteiger partial charge < -0.3 is 9.47 Å². The molecule has 0 aliphatic rings. The molecule has 2 aromatic rings. The van der Waals surface area contributed by atoms with Crippen molar-refractivity contribution in [2.24, 2.45) is 0 Å². The Morgan fingerprint density at radius 3 is 2.71 bits per heavy atom. The van der Waals surface area contributed by atoms with Crippen LogP contribution in [0.25, 0.3) is 10.1 Å². The van der Waals surface area contributed by atoms with E-state index in [-0.39, 0.29) is 0 Å². The highest BCUT2D eigenvalue weighted by Crippen LogP contribution is 2.41. The highest BCUT2D eigenvalue weighted by atomic mass is 32.1. The molecule has 0 aliphatic carbocycles. The lowest BCUT2D eigenvalue weighted by Crippen LogP contribution is -1.90. The summed E-state index contributed by atoms with van der Waals surface area (Å²) in [4.78, 5) is 0.755. The SMILES string of the molecule is COc1cc2ccsc2c(OC)c1S. The molecule has 0 radical (unpaired) electrons. The van der Waals surface area contributed by atoms with Gasteiger partial charge in [0.05, 0.1) is 23.8 Å². The molecular weight excluding hydrogens is 216 g/mol. The van der Waals surface area contributed by atoms with Gasteiger partial charge in [0.2, 0.25) is 0 Å². The van der Waals surface area contributed by atoms with E-state index in [4.69, 9.17) is 9.47 Å². The highest BCUT2D eigenvalue weighted by molar-refractivity contribution is 7.80. The molecule has 1 heterocycles. The summed E-state index contributed by atoms with van der Waals surface area (Å²) in [7, 11) is 3.28. The van der Waals surface area contributed by atoms with Crippen molar-refractivity contribution in [1.82, 2.24) is 0 Å². The maximum Gasteiger partial charge on any atom is 0.153 e. The van der Waals surface area contributed by atoms with E-state index in [1.807, 2.05) is 17.5 Å². The van der Waals surface area contributed by atoms with Crippen molar-refractivity contribution in [1.29, 1.82) is 0 Å². The lowest BCUT2D eigenvalue weighted by Gasteiger charge is -2.09. The summed E-state index contributed by atoms with van der Waals surface area (Å²) < 4.78 is 11.6. The monoisotopic (exact) mass is 226 g/mol. The fourth-order valence-electron chi connectivity index (χ4n) is 1.39. The first-order valence-corrected chi connectivity index (χ1v) is 5.41. The summed E-state index contributed by atoms with van der Waals surface area (Å²) in [5.74, 6) is 1.54. The molecule has 14 heavy (non-hydrogen) atoms. The number of hydrogen-bond donors (Lipinski definition) is 1. The molecule has 74 valence electrons.